The van der Waals surface area contributed by atoms with Crippen LogP contribution in [-0.4, -0.2) is 4.98 Å². The highest BCUT2D eigenvalue weighted by molar-refractivity contribution is 9.10. The van der Waals surface area contributed by atoms with Crippen molar-refractivity contribution in [2.24, 2.45) is 0 Å². The second-order valence-electron chi connectivity index (χ2n) is 4.53. The van der Waals surface area contributed by atoms with Gasteiger partial charge in [-0.1, -0.05) is 57.1 Å². The molecule has 1 N–H and O–H groups in total. The van der Waals surface area contributed by atoms with Crippen molar-refractivity contribution in [1.29, 1.82) is 0 Å². The molecule has 0 aliphatic heterocycles. The van der Waals surface area contributed by atoms with E-state index in [2.05, 4.69) is 45.3 Å². The predicted molar refractivity (Wildman–Crippen MR) is 90.8 cm³/mol. The van der Waals surface area contributed by atoms with Crippen LogP contribution in [0.15, 0.2) is 46.9 Å². The molecule has 2 aromatic carbocycles. The minimum absolute atomic E-state index is 0.187. The number of nitrogens with zero attached hydrogens (tertiary/aromatic N) is 1. The molecule has 5 heteroatoms. The highest BCUT2D eigenvalue weighted by atomic mass is 79.9. The van der Waals surface area contributed by atoms with Gasteiger partial charge in [0.15, 0.2) is 5.13 Å². The van der Waals surface area contributed by atoms with Crippen LogP contribution in [0.5, 0.6) is 0 Å². The molecule has 0 radical (unpaired) electrons. The van der Waals surface area contributed by atoms with Gasteiger partial charge in [0.05, 0.1) is 21.3 Å². The monoisotopic (exact) mass is 366 g/mol. The smallest absolute Gasteiger partial charge is 0.184 e. The van der Waals surface area contributed by atoms with Crippen LogP contribution in [0.1, 0.15) is 18.5 Å². The lowest BCUT2D eigenvalue weighted by Gasteiger charge is -2.13. The highest BCUT2D eigenvalue weighted by Gasteiger charge is 2.10. The first-order valence-corrected chi connectivity index (χ1v) is 8.19. The van der Waals surface area contributed by atoms with E-state index in [9.17, 15) is 0 Å². The van der Waals surface area contributed by atoms with E-state index in [1.807, 2.05) is 30.3 Å². The van der Waals surface area contributed by atoms with Gasteiger partial charge in [0, 0.05) is 4.47 Å². The molecule has 0 saturated heterocycles. The second-order valence-corrected chi connectivity index (χ2v) is 6.85. The average molecular weight is 368 g/mol. The number of anilines is 1. The molecule has 0 aliphatic rings. The lowest BCUT2D eigenvalue weighted by Crippen LogP contribution is -2.05. The first-order valence-electron chi connectivity index (χ1n) is 6.20. The summed E-state index contributed by atoms with van der Waals surface area (Å²) < 4.78 is 2.11. The largest absolute Gasteiger partial charge is 0.355 e. The Hall–Kier alpha value is -1.10. The summed E-state index contributed by atoms with van der Waals surface area (Å²) in [5.74, 6) is 0. The van der Waals surface area contributed by atoms with Gasteiger partial charge in [0.25, 0.3) is 0 Å². The Morgan fingerprint density at radius 2 is 2.05 bits per heavy atom. The van der Waals surface area contributed by atoms with E-state index in [-0.39, 0.29) is 6.04 Å². The maximum atomic E-state index is 6.18. The Morgan fingerprint density at radius 1 is 1.25 bits per heavy atom. The van der Waals surface area contributed by atoms with Gasteiger partial charge in [-0.15, -0.1) is 0 Å². The topological polar surface area (TPSA) is 24.9 Å². The molecule has 2 nitrogen and oxygen atoms in total. The Labute approximate surface area is 134 Å². The van der Waals surface area contributed by atoms with Crippen molar-refractivity contribution in [1.82, 2.24) is 4.98 Å². The fourth-order valence-electron chi connectivity index (χ4n) is 2.02. The molecule has 3 aromatic rings. The average Bonchev–Trinajstić information content (AvgIpc) is 2.83. The molecular weight excluding hydrogens is 356 g/mol. The van der Waals surface area contributed by atoms with Gasteiger partial charge in [-0.05, 0) is 36.8 Å². The second kappa shape index (κ2) is 5.72. The number of thiazole rings is 1. The number of rotatable bonds is 3. The molecule has 1 aromatic heterocycles. The minimum Gasteiger partial charge on any atom is -0.355 e. The fourth-order valence-corrected chi connectivity index (χ4v) is 3.68. The molecule has 1 heterocycles. The van der Waals surface area contributed by atoms with Crippen molar-refractivity contribution in [2.75, 3.05) is 5.32 Å². The summed E-state index contributed by atoms with van der Waals surface area (Å²) in [6.45, 7) is 2.12. The lowest BCUT2D eigenvalue weighted by molar-refractivity contribution is 0.881. The van der Waals surface area contributed by atoms with Gasteiger partial charge >= 0.3 is 0 Å². The van der Waals surface area contributed by atoms with Gasteiger partial charge < -0.3 is 5.32 Å². The molecule has 0 aliphatic carbocycles. The molecular formula is C15H12BrClN2S. The third-order valence-electron chi connectivity index (χ3n) is 3.06. The lowest BCUT2D eigenvalue weighted by atomic mass is 10.1. The maximum absolute atomic E-state index is 6.18. The van der Waals surface area contributed by atoms with Crippen LogP contribution < -0.4 is 5.32 Å². The van der Waals surface area contributed by atoms with Gasteiger partial charge in [0.2, 0.25) is 0 Å². The summed E-state index contributed by atoms with van der Waals surface area (Å²) in [4.78, 5) is 4.57. The van der Waals surface area contributed by atoms with E-state index in [0.717, 1.165) is 24.8 Å². The van der Waals surface area contributed by atoms with Crippen LogP contribution in [0.3, 0.4) is 0 Å². The Kier molecular flexibility index (Phi) is 3.96. The van der Waals surface area contributed by atoms with Crippen LogP contribution in [0, 0.1) is 0 Å². The molecule has 1 atom stereocenters. The predicted octanol–water partition coefficient (Wildman–Crippen LogP) is 5.89. The van der Waals surface area contributed by atoms with E-state index < -0.39 is 0 Å². The molecule has 0 saturated carbocycles. The van der Waals surface area contributed by atoms with E-state index in [1.165, 1.54) is 5.56 Å². The van der Waals surface area contributed by atoms with E-state index in [1.54, 1.807) is 11.3 Å². The summed E-state index contributed by atoms with van der Waals surface area (Å²) in [5.41, 5.74) is 2.15. The van der Waals surface area contributed by atoms with Crippen molar-refractivity contribution in [2.45, 2.75) is 13.0 Å². The molecule has 1 unspecified atom stereocenters. The molecule has 0 fully saturated rings. The third kappa shape index (κ3) is 2.82. The van der Waals surface area contributed by atoms with E-state index >= 15 is 0 Å². The number of aromatic nitrogens is 1. The zero-order chi connectivity index (χ0) is 14.1. The molecule has 0 spiro atoms. The summed E-state index contributed by atoms with van der Waals surface area (Å²) in [6.07, 6.45) is 0. The minimum atomic E-state index is 0.187. The van der Waals surface area contributed by atoms with Crippen LogP contribution in [0.4, 0.5) is 5.13 Å². The number of hydrogen-bond acceptors (Lipinski definition) is 3. The van der Waals surface area contributed by atoms with Crippen molar-refractivity contribution < 1.29 is 0 Å². The normalized spacial score (nSPS) is 12.6. The van der Waals surface area contributed by atoms with E-state index in [0.29, 0.717) is 0 Å². The van der Waals surface area contributed by atoms with Crippen molar-refractivity contribution >= 4 is 54.2 Å². The summed E-state index contributed by atoms with van der Waals surface area (Å²) in [5, 5.41) is 5.07. The Bertz CT molecular complexity index is 756. The van der Waals surface area contributed by atoms with E-state index in [4.69, 9.17) is 11.6 Å². The zero-order valence-corrected chi connectivity index (χ0v) is 13.9. The number of benzene rings is 2. The SMILES string of the molecule is CC(Nc1nc2cccc(Cl)c2s1)c1cccc(Br)c1. The van der Waals surface area contributed by atoms with Crippen LogP contribution in [0.25, 0.3) is 10.2 Å². The van der Waals surface area contributed by atoms with Gasteiger partial charge in [0.1, 0.15) is 0 Å². The number of fused-ring (bicyclic) bond motifs is 1. The fraction of sp³-hybridized carbons (Fsp3) is 0.133. The van der Waals surface area contributed by atoms with Crippen molar-refractivity contribution in [3.63, 3.8) is 0 Å². The number of hydrogen-bond donors (Lipinski definition) is 1. The first kappa shape index (κ1) is 13.9. The highest BCUT2D eigenvalue weighted by Crippen LogP contribution is 2.33. The summed E-state index contributed by atoms with van der Waals surface area (Å²) in [7, 11) is 0. The number of halogens is 2. The van der Waals surface area contributed by atoms with Crippen molar-refractivity contribution in [3.8, 4) is 0 Å². The quantitative estimate of drug-likeness (QED) is 0.624. The maximum Gasteiger partial charge on any atom is 0.184 e. The zero-order valence-electron chi connectivity index (χ0n) is 10.7. The molecule has 0 bridgehead atoms. The van der Waals surface area contributed by atoms with Crippen molar-refractivity contribution in [3.05, 3.63) is 57.5 Å². The van der Waals surface area contributed by atoms with Crippen LogP contribution in [-0.2, 0) is 0 Å². The van der Waals surface area contributed by atoms with Gasteiger partial charge in [-0.25, -0.2) is 4.98 Å². The summed E-state index contributed by atoms with van der Waals surface area (Å²) >= 11 is 11.3. The molecule has 102 valence electrons. The Balaban J connectivity index is 1.87. The van der Waals surface area contributed by atoms with Gasteiger partial charge in [-0.3, -0.25) is 0 Å². The van der Waals surface area contributed by atoms with Gasteiger partial charge in [-0.2, -0.15) is 0 Å². The standard InChI is InChI=1S/C15H12BrClN2S/c1-9(10-4-2-5-11(16)8-10)18-15-19-13-7-3-6-12(17)14(13)20-15/h2-9H,1H3,(H,18,19). The first-order chi connectivity index (χ1) is 9.63. The van der Waals surface area contributed by atoms with Crippen LogP contribution in [0.2, 0.25) is 5.02 Å². The Morgan fingerprint density at radius 3 is 2.80 bits per heavy atom. The van der Waals surface area contributed by atoms with Crippen LogP contribution >= 0.6 is 38.9 Å². The molecule has 3 rings (SSSR count). The number of nitrogens with one attached hydrogen (secondary N) is 1. The molecule has 0 amide bonds. The summed E-state index contributed by atoms with van der Waals surface area (Å²) in [6, 6.07) is 14.2. The molecule has 20 heavy (non-hydrogen) atoms. The third-order valence-corrected chi connectivity index (χ3v) is 5.01.